The number of ether oxygens (including phenoxy) is 1. The van der Waals surface area contributed by atoms with Gasteiger partial charge in [-0.05, 0) is 42.4 Å². The number of aryl methyl sites for hydroxylation is 1. The fourth-order valence-corrected chi connectivity index (χ4v) is 4.95. The van der Waals surface area contributed by atoms with Crippen LogP contribution in [0.3, 0.4) is 0 Å². The van der Waals surface area contributed by atoms with Crippen molar-refractivity contribution in [3.05, 3.63) is 102 Å². The maximum absolute atomic E-state index is 6.00. The third-order valence-electron chi connectivity index (χ3n) is 6.66. The number of benzene rings is 2. The molecule has 3 aromatic heterocycles. The number of aromatic amines is 1. The van der Waals surface area contributed by atoms with E-state index in [9.17, 15) is 0 Å². The summed E-state index contributed by atoms with van der Waals surface area (Å²) >= 11 is 0. The van der Waals surface area contributed by atoms with Gasteiger partial charge in [0.2, 0.25) is 5.88 Å². The van der Waals surface area contributed by atoms with Gasteiger partial charge in [0.1, 0.15) is 6.61 Å². The van der Waals surface area contributed by atoms with Crippen LogP contribution in [0.1, 0.15) is 35.6 Å². The smallest absolute Gasteiger partial charge is 0.214 e. The van der Waals surface area contributed by atoms with Gasteiger partial charge in [0.05, 0.1) is 29.9 Å². The number of aromatic nitrogens is 4. The first-order chi connectivity index (χ1) is 16.3. The zero-order chi connectivity index (χ0) is 22.0. The van der Waals surface area contributed by atoms with E-state index in [1.165, 1.54) is 17.5 Å². The molecule has 0 radical (unpaired) electrons. The molecular formula is C28H26N4O. The largest absolute Gasteiger partial charge is 0.473 e. The molecule has 1 aliphatic carbocycles. The van der Waals surface area contributed by atoms with Crippen molar-refractivity contribution in [2.45, 2.75) is 38.3 Å². The molecule has 5 nitrogen and oxygen atoms in total. The Morgan fingerprint density at radius 1 is 1.00 bits per heavy atom. The van der Waals surface area contributed by atoms with Gasteiger partial charge < -0.3 is 14.3 Å². The van der Waals surface area contributed by atoms with E-state index in [2.05, 4.69) is 62.1 Å². The van der Waals surface area contributed by atoms with E-state index in [-0.39, 0.29) is 0 Å². The van der Waals surface area contributed by atoms with E-state index in [1.807, 2.05) is 43.0 Å². The fourth-order valence-electron chi connectivity index (χ4n) is 4.95. The lowest BCUT2D eigenvalue weighted by atomic mass is 10.0. The molecule has 6 rings (SSSR count). The minimum absolute atomic E-state index is 0.395. The maximum atomic E-state index is 6.00. The molecule has 1 aliphatic rings. The highest BCUT2D eigenvalue weighted by Gasteiger charge is 2.21. The van der Waals surface area contributed by atoms with E-state index in [4.69, 9.17) is 4.74 Å². The van der Waals surface area contributed by atoms with Gasteiger partial charge >= 0.3 is 0 Å². The summed E-state index contributed by atoms with van der Waals surface area (Å²) in [6.45, 7) is 0.499. The number of fused-ring (bicyclic) bond motifs is 2. The Morgan fingerprint density at radius 2 is 1.85 bits per heavy atom. The highest BCUT2D eigenvalue weighted by molar-refractivity contribution is 5.94. The van der Waals surface area contributed by atoms with Gasteiger partial charge in [-0.1, -0.05) is 54.6 Å². The number of nitrogens with zero attached hydrogens (tertiary/aromatic N) is 3. The van der Waals surface area contributed by atoms with Crippen molar-refractivity contribution in [1.82, 2.24) is 19.5 Å². The second kappa shape index (κ2) is 8.58. The summed E-state index contributed by atoms with van der Waals surface area (Å²) in [5, 5.41) is 1.10. The molecule has 0 saturated carbocycles. The first kappa shape index (κ1) is 19.8. The monoisotopic (exact) mass is 434 g/mol. The zero-order valence-electron chi connectivity index (χ0n) is 18.4. The summed E-state index contributed by atoms with van der Waals surface area (Å²) in [5.74, 6) is 0.627. The molecule has 1 N–H and O–H groups in total. The Morgan fingerprint density at radius 3 is 2.76 bits per heavy atom. The average Bonchev–Trinajstić information content (AvgIpc) is 3.44. The molecule has 5 aromatic rings. The Bertz CT molecular complexity index is 1390. The first-order valence-electron chi connectivity index (χ1n) is 11.6. The van der Waals surface area contributed by atoms with Gasteiger partial charge in [-0.2, -0.15) is 0 Å². The number of hydrogen-bond donors (Lipinski definition) is 1. The number of nitrogens with one attached hydrogen (secondary N) is 1. The maximum Gasteiger partial charge on any atom is 0.214 e. The second-order valence-corrected chi connectivity index (χ2v) is 8.75. The minimum Gasteiger partial charge on any atom is -0.473 e. The van der Waals surface area contributed by atoms with Crippen LogP contribution in [0.25, 0.3) is 22.2 Å². The molecule has 0 bridgehead atoms. The lowest BCUT2D eigenvalue weighted by Crippen LogP contribution is -2.11. The molecule has 33 heavy (non-hydrogen) atoms. The first-order valence-corrected chi connectivity index (χ1v) is 11.6. The SMILES string of the molecule is c1ccc(COc2cc3c(-c4cncn4C4CCCc5ccccc5C4)c[nH]c3cn2)cc1. The second-order valence-electron chi connectivity index (χ2n) is 8.75. The fraction of sp³-hybridized carbons (Fsp3) is 0.214. The van der Waals surface area contributed by atoms with Crippen molar-refractivity contribution >= 4 is 10.9 Å². The van der Waals surface area contributed by atoms with Gasteiger partial charge in [0.15, 0.2) is 0 Å². The third-order valence-corrected chi connectivity index (χ3v) is 6.66. The normalized spacial score (nSPS) is 15.8. The summed E-state index contributed by atoms with van der Waals surface area (Å²) < 4.78 is 8.35. The minimum atomic E-state index is 0.395. The predicted octanol–water partition coefficient (Wildman–Crippen LogP) is 6.13. The van der Waals surface area contributed by atoms with Crippen molar-refractivity contribution in [3.8, 4) is 17.1 Å². The molecule has 5 heteroatoms. The summed E-state index contributed by atoms with van der Waals surface area (Å²) in [4.78, 5) is 12.4. The quantitative estimate of drug-likeness (QED) is 0.339. The number of imidazole rings is 1. The topological polar surface area (TPSA) is 55.7 Å². The van der Waals surface area contributed by atoms with Gasteiger partial charge in [-0.25, -0.2) is 9.97 Å². The molecule has 2 aromatic carbocycles. The Balaban J connectivity index is 1.31. The van der Waals surface area contributed by atoms with Crippen LogP contribution in [0.2, 0.25) is 0 Å². The van der Waals surface area contributed by atoms with Gasteiger partial charge in [0, 0.05) is 29.3 Å². The molecule has 0 spiro atoms. The van der Waals surface area contributed by atoms with Crippen LogP contribution >= 0.6 is 0 Å². The van der Waals surface area contributed by atoms with Crippen LogP contribution in [0.15, 0.2) is 85.6 Å². The molecule has 0 fully saturated rings. The van der Waals surface area contributed by atoms with E-state index < -0.39 is 0 Å². The highest BCUT2D eigenvalue weighted by Crippen LogP contribution is 2.35. The Hall–Kier alpha value is -3.86. The lowest BCUT2D eigenvalue weighted by molar-refractivity contribution is 0.294. The van der Waals surface area contributed by atoms with Crippen molar-refractivity contribution < 1.29 is 4.74 Å². The van der Waals surface area contributed by atoms with E-state index in [0.717, 1.165) is 47.0 Å². The number of hydrogen-bond acceptors (Lipinski definition) is 3. The summed E-state index contributed by atoms with van der Waals surface area (Å²) in [6, 6.07) is 21.5. The van der Waals surface area contributed by atoms with Crippen LogP contribution in [0.5, 0.6) is 5.88 Å². The summed E-state index contributed by atoms with van der Waals surface area (Å²) in [7, 11) is 0. The molecule has 3 heterocycles. The van der Waals surface area contributed by atoms with Crippen molar-refractivity contribution in [3.63, 3.8) is 0 Å². The predicted molar refractivity (Wildman–Crippen MR) is 130 cm³/mol. The van der Waals surface area contributed by atoms with Crippen LogP contribution in [0.4, 0.5) is 0 Å². The molecular weight excluding hydrogens is 408 g/mol. The van der Waals surface area contributed by atoms with E-state index in [1.54, 1.807) is 0 Å². The standard InChI is InChI=1S/C28H26N4O/c1-2-7-20(8-3-1)18-33-28-14-24-25(15-30-26(24)16-31-28)27-17-29-19-32(27)23-12-6-11-21-9-4-5-10-22(21)13-23/h1-5,7-10,14-17,19,23,30H,6,11-13,18H2. The zero-order valence-corrected chi connectivity index (χ0v) is 18.4. The van der Waals surface area contributed by atoms with Crippen molar-refractivity contribution in [1.29, 1.82) is 0 Å². The third kappa shape index (κ3) is 3.91. The Labute approximate surface area is 193 Å². The molecule has 0 saturated heterocycles. The van der Waals surface area contributed by atoms with E-state index in [0.29, 0.717) is 18.5 Å². The van der Waals surface area contributed by atoms with Crippen LogP contribution in [-0.2, 0) is 19.4 Å². The van der Waals surface area contributed by atoms with Crippen LogP contribution in [-0.4, -0.2) is 19.5 Å². The van der Waals surface area contributed by atoms with Gasteiger partial charge in [-0.15, -0.1) is 0 Å². The van der Waals surface area contributed by atoms with Gasteiger partial charge in [-0.3, -0.25) is 0 Å². The van der Waals surface area contributed by atoms with E-state index >= 15 is 0 Å². The summed E-state index contributed by atoms with van der Waals surface area (Å²) in [6.07, 6.45) is 12.4. The molecule has 1 atom stereocenters. The Kier molecular flexibility index (Phi) is 5.15. The molecule has 164 valence electrons. The van der Waals surface area contributed by atoms with Crippen molar-refractivity contribution in [2.24, 2.45) is 0 Å². The number of rotatable bonds is 5. The van der Waals surface area contributed by atoms with Crippen LogP contribution < -0.4 is 4.74 Å². The highest BCUT2D eigenvalue weighted by atomic mass is 16.5. The van der Waals surface area contributed by atoms with Crippen LogP contribution in [0, 0.1) is 0 Å². The summed E-state index contributed by atoms with van der Waals surface area (Å²) in [5.41, 5.74) is 7.33. The van der Waals surface area contributed by atoms with Gasteiger partial charge in [0.25, 0.3) is 0 Å². The van der Waals surface area contributed by atoms with Crippen molar-refractivity contribution in [2.75, 3.05) is 0 Å². The average molecular weight is 435 g/mol. The molecule has 1 unspecified atom stereocenters. The number of pyridine rings is 1. The molecule has 0 aliphatic heterocycles. The lowest BCUT2D eigenvalue weighted by Gasteiger charge is -2.19. The molecule has 0 amide bonds. The number of H-pyrrole nitrogens is 1.